The topological polar surface area (TPSA) is 41.8 Å². The van der Waals surface area contributed by atoms with Gasteiger partial charge < -0.3 is 0 Å². The van der Waals surface area contributed by atoms with Crippen LogP contribution in [0.4, 0.5) is 0 Å². The summed E-state index contributed by atoms with van der Waals surface area (Å²) in [6, 6.07) is 0. The van der Waals surface area contributed by atoms with Crippen LogP contribution < -0.4 is 0 Å². The summed E-state index contributed by atoms with van der Waals surface area (Å²) < 4.78 is 0. The molecule has 2 rings (SSSR count). The molecule has 3 heteroatoms. The largest absolute Gasteiger partial charge is 0.295 e. The predicted molar refractivity (Wildman–Crippen MR) is 35.9 cm³/mol. The first kappa shape index (κ1) is 6.01. The Morgan fingerprint density at radius 3 is 2.50 bits per heavy atom. The fourth-order valence-corrected chi connectivity index (χ4v) is 1.78. The van der Waals surface area contributed by atoms with Crippen LogP contribution in [0, 0.1) is 0 Å². The highest BCUT2D eigenvalue weighted by molar-refractivity contribution is 5.91. The Kier molecular flexibility index (Phi) is 1.13. The summed E-state index contributed by atoms with van der Waals surface area (Å²) in [4.78, 5) is 11.2. The highest BCUT2D eigenvalue weighted by Gasteiger charge is 2.43. The van der Waals surface area contributed by atoms with Gasteiger partial charge in [-0.2, -0.15) is 10.2 Å². The van der Waals surface area contributed by atoms with Gasteiger partial charge in [-0.05, 0) is 12.8 Å². The molecule has 0 aromatic carbocycles. The molecule has 0 aromatic heterocycles. The third-order valence-corrected chi connectivity index (χ3v) is 2.43. The first-order valence-corrected chi connectivity index (χ1v) is 3.75. The lowest BCUT2D eigenvalue weighted by atomic mass is 9.94. The molecule has 0 saturated heterocycles. The highest BCUT2D eigenvalue weighted by Crippen LogP contribution is 2.36. The van der Waals surface area contributed by atoms with Gasteiger partial charge in [0.1, 0.15) is 12.1 Å². The zero-order valence-corrected chi connectivity index (χ0v) is 5.84. The normalized spacial score (nSPS) is 28.6. The lowest BCUT2D eigenvalue weighted by molar-refractivity contribution is -0.121. The van der Waals surface area contributed by atoms with E-state index < -0.39 is 0 Å². The molecule has 1 spiro atoms. The molecule has 1 aliphatic carbocycles. The van der Waals surface area contributed by atoms with E-state index in [-0.39, 0.29) is 11.3 Å². The number of carbonyl (C=O) groups excluding carboxylic acids is 1. The third-order valence-electron chi connectivity index (χ3n) is 2.43. The van der Waals surface area contributed by atoms with Crippen LogP contribution in [0.15, 0.2) is 10.2 Å². The molecule has 0 bridgehead atoms. The standard InChI is InChI=1S/C7H10N2O/c10-6-5-8-9-7(6)3-1-2-4-7/h1-5H2. The van der Waals surface area contributed by atoms with Gasteiger partial charge in [0.2, 0.25) is 0 Å². The SMILES string of the molecule is O=C1CN=NC12CCCC2. The van der Waals surface area contributed by atoms with Crippen molar-refractivity contribution >= 4 is 5.78 Å². The van der Waals surface area contributed by atoms with Gasteiger partial charge in [-0.15, -0.1) is 0 Å². The Morgan fingerprint density at radius 2 is 2.00 bits per heavy atom. The van der Waals surface area contributed by atoms with Gasteiger partial charge in [-0.1, -0.05) is 12.8 Å². The van der Waals surface area contributed by atoms with Gasteiger partial charge in [-0.3, -0.25) is 4.79 Å². The number of hydrogen-bond donors (Lipinski definition) is 0. The summed E-state index contributed by atoms with van der Waals surface area (Å²) in [5, 5.41) is 7.80. The Hall–Kier alpha value is -0.730. The van der Waals surface area contributed by atoms with Crippen LogP contribution in [0.25, 0.3) is 0 Å². The Morgan fingerprint density at radius 1 is 1.30 bits per heavy atom. The summed E-state index contributed by atoms with van der Waals surface area (Å²) in [7, 11) is 0. The maximum Gasteiger partial charge on any atom is 0.185 e. The molecule has 1 saturated carbocycles. The third kappa shape index (κ3) is 0.632. The number of hydrogen-bond acceptors (Lipinski definition) is 3. The fraction of sp³-hybridized carbons (Fsp3) is 0.857. The maximum absolute atomic E-state index is 11.2. The molecule has 0 radical (unpaired) electrons. The average molecular weight is 138 g/mol. The number of nitrogens with zero attached hydrogens (tertiary/aromatic N) is 2. The van der Waals surface area contributed by atoms with E-state index in [1.165, 1.54) is 0 Å². The maximum atomic E-state index is 11.2. The van der Waals surface area contributed by atoms with Crippen molar-refractivity contribution in [2.45, 2.75) is 31.2 Å². The minimum atomic E-state index is -0.333. The molecule has 0 unspecified atom stereocenters. The summed E-state index contributed by atoms with van der Waals surface area (Å²) in [5.74, 6) is 0.241. The number of Topliss-reactive ketones (excluding diaryl/α,β-unsaturated/α-hetero) is 1. The predicted octanol–water partition coefficient (Wildman–Crippen LogP) is 1.33. The van der Waals surface area contributed by atoms with E-state index in [4.69, 9.17) is 0 Å². The number of azo groups is 1. The number of carbonyl (C=O) groups is 1. The summed E-state index contributed by atoms with van der Waals surface area (Å²) in [6.07, 6.45) is 4.17. The van der Waals surface area contributed by atoms with Gasteiger partial charge in [0, 0.05) is 0 Å². The van der Waals surface area contributed by atoms with Crippen molar-refractivity contribution in [1.29, 1.82) is 0 Å². The molecule has 54 valence electrons. The zero-order chi connectivity index (χ0) is 7.03. The van der Waals surface area contributed by atoms with Crippen molar-refractivity contribution in [2.24, 2.45) is 10.2 Å². The second-order valence-corrected chi connectivity index (χ2v) is 3.06. The van der Waals surface area contributed by atoms with E-state index in [2.05, 4.69) is 10.2 Å². The van der Waals surface area contributed by atoms with Crippen molar-refractivity contribution < 1.29 is 4.79 Å². The van der Waals surface area contributed by atoms with Gasteiger partial charge >= 0.3 is 0 Å². The van der Waals surface area contributed by atoms with Crippen molar-refractivity contribution in [3.8, 4) is 0 Å². The molecule has 10 heavy (non-hydrogen) atoms. The first-order valence-electron chi connectivity index (χ1n) is 3.75. The van der Waals surface area contributed by atoms with Gasteiger partial charge in [0.05, 0.1) is 0 Å². The van der Waals surface area contributed by atoms with E-state index in [1.54, 1.807) is 0 Å². The van der Waals surface area contributed by atoms with Crippen molar-refractivity contribution in [1.82, 2.24) is 0 Å². The fourth-order valence-electron chi connectivity index (χ4n) is 1.78. The molecular weight excluding hydrogens is 128 g/mol. The lowest BCUT2D eigenvalue weighted by Gasteiger charge is -2.13. The quantitative estimate of drug-likeness (QED) is 0.498. The van der Waals surface area contributed by atoms with Gasteiger partial charge in [-0.25, -0.2) is 0 Å². The zero-order valence-electron chi connectivity index (χ0n) is 5.84. The van der Waals surface area contributed by atoms with Crippen molar-refractivity contribution in [3.05, 3.63) is 0 Å². The molecule has 2 aliphatic rings. The average Bonchev–Trinajstić information content (AvgIpc) is 2.48. The molecule has 1 fully saturated rings. The second-order valence-electron chi connectivity index (χ2n) is 3.06. The Bertz CT molecular complexity index is 192. The second kappa shape index (κ2) is 1.87. The van der Waals surface area contributed by atoms with Gasteiger partial charge in [0.15, 0.2) is 5.78 Å². The first-order chi connectivity index (χ1) is 4.83. The van der Waals surface area contributed by atoms with E-state index in [1.807, 2.05) is 0 Å². The number of rotatable bonds is 0. The molecule has 0 aromatic rings. The van der Waals surface area contributed by atoms with E-state index in [0.29, 0.717) is 6.54 Å². The minimum absolute atomic E-state index is 0.241. The molecular formula is C7H10N2O. The Labute approximate surface area is 59.5 Å². The molecule has 1 heterocycles. The van der Waals surface area contributed by atoms with E-state index in [0.717, 1.165) is 25.7 Å². The monoisotopic (exact) mass is 138 g/mol. The van der Waals surface area contributed by atoms with E-state index >= 15 is 0 Å². The van der Waals surface area contributed by atoms with Crippen LogP contribution in [0.5, 0.6) is 0 Å². The summed E-state index contributed by atoms with van der Waals surface area (Å²) in [5.41, 5.74) is -0.333. The molecule has 0 amide bonds. The lowest BCUT2D eigenvalue weighted by Crippen LogP contribution is -2.30. The Balaban J connectivity index is 2.27. The highest BCUT2D eigenvalue weighted by atomic mass is 16.1. The van der Waals surface area contributed by atoms with Crippen molar-refractivity contribution in [3.63, 3.8) is 0 Å². The molecule has 0 atom stereocenters. The van der Waals surface area contributed by atoms with Crippen LogP contribution in [-0.4, -0.2) is 17.9 Å². The van der Waals surface area contributed by atoms with Crippen LogP contribution in [-0.2, 0) is 4.79 Å². The van der Waals surface area contributed by atoms with Crippen LogP contribution in [0.2, 0.25) is 0 Å². The molecule has 0 N–H and O–H groups in total. The smallest absolute Gasteiger partial charge is 0.185 e. The number of ketones is 1. The summed E-state index contributed by atoms with van der Waals surface area (Å²) >= 11 is 0. The van der Waals surface area contributed by atoms with Gasteiger partial charge in [0.25, 0.3) is 0 Å². The molecule has 1 aliphatic heterocycles. The van der Waals surface area contributed by atoms with Crippen molar-refractivity contribution in [2.75, 3.05) is 6.54 Å². The van der Waals surface area contributed by atoms with E-state index in [9.17, 15) is 4.79 Å². The molecule has 3 nitrogen and oxygen atoms in total. The summed E-state index contributed by atoms with van der Waals surface area (Å²) in [6.45, 7) is 0.333. The van der Waals surface area contributed by atoms with Crippen LogP contribution in [0.3, 0.4) is 0 Å². The van der Waals surface area contributed by atoms with Crippen LogP contribution in [0.1, 0.15) is 25.7 Å². The minimum Gasteiger partial charge on any atom is -0.295 e. The van der Waals surface area contributed by atoms with Crippen LogP contribution >= 0.6 is 0 Å².